The molecule has 0 aromatic heterocycles. The Labute approximate surface area is 116 Å². The second-order valence-corrected chi connectivity index (χ2v) is 5.17. The summed E-state index contributed by atoms with van der Waals surface area (Å²) in [5, 5.41) is 12.4. The van der Waals surface area contributed by atoms with E-state index in [1.54, 1.807) is 0 Å². The molecule has 1 aromatic rings. The van der Waals surface area contributed by atoms with E-state index in [0.717, 1.165) is 25.1 Å². The predicted molar refractivity (Wildman–Crippen MR) is 78.3 cm³/mol. The SMILES string of the molecule is CCNC(C)(C#N)CCCOc1ccc(C)c(C)c1. The second kappa shape index (κ2) is 7.16. The highest BCUT2D eigenvalue weighted by Gasteiger charge is 2.21. The van der Waals surface area contributed by atoms with Crippen molar-refractivity contribution in [2.75, 3.05) is 13.2 Å². The van der Waals surface area contributed by atoms with Gasteiger partial charge in [0.05, 0.1) is 12.7 Å². The highest BCUT2D eigenvalue weighted by atomic mass is 16.5. The third-order valence-electron chi connectivity index (χ3n) is 3.38. The smallest absolute Gasteiger partial charge is 0.119 e. The Kier molecular flexibility index (Phi) is 5.85. The first-order valence-corrected chi connectivity index (χ1v) is 6.87. The van der Waals surface area contributed by atoms with Gasteiger partial charge in [-0.05, 0) is 63.4 Å². The molecule has 1 N–H and O–H groups in total. The molecule has 0 aliphatic carbocycles. The third-order valence-corrected chi connectivity index (χ3v) is 3.38. The monoisotopic (exact) mass is 260 g/mol. The molecule has 1 unspecified atom stereocenters. The fourth-order valence-electron chi connectivity index (χ4n) is 1.99. The molecule has 0 aliphatic rings. The van der Waals surface area contributed by atoms with Gasteiger partial charge in [0.25, 0.3) is 0 Å². The van der Waals surface area contributed by atoms with Gasteiger partial charge in [-0.15, -0.1) is 0 Å². The van der Waals surface area contributed by atoms with E-state index in [0.29, 0.717) is 6.61 Å². The molecule has 0 fully saturated rings. The number of benzene rings is 1. The van der Waals surface area contributed by atoms with Crippen molar-refractivity contribution in [3.05, 3.63) is 29.3 Å². The Morgan fingerprint density at radius 1 is 1.32 bits per heavy atom. The quantitative estimate of drug-likeness (QED) is 0.765. The predicted octanol–water partition coefficient (Wildman–Crippen LogP) is 3.35. The van der Waals surface area contributed by atoms with Crippen LogP contribution in [-0.4, -0.2) is 18.7 Å². The van der Waals surface area contributed by atoms with Crippen molar-refractivity contribution in [2.45, 2.75) is 46.1 Å². The molecule has 0 saturated carbocycles. The molecule has 0 radical (unpaired) electrons. The van der Waals surface area contributed by atoms with Crippen LogP contribution in [0.1, 0.15) is 37.8 Å². The molecule has 104 valence electrons. The van der Waals surface area contributed by atoms with Crippen LogP contribution in [0.15, 0.2) is 18.2 Å². The van der Waals surface area contributed by atoms with Crippen molar-refractivity contribution < 1.29 is 4.74 Å². The molecule has 0 heterocycles. The van der Waals surface area contributed by atoms with Gasteiger partial charge >= 0.3 is 0 Å². The van der Waals surface area contributed by atoms with Gasteiger partial charge in [0.2, 0.25) is 0 Å². The Morgan fingerprint density at radius 2 is 2.05 bits per heavy atom. The molecule has 0 spiro atoms. The van der Waals surface area contributed by atoms with Crippen LogP contribution in [0, 0.1) is 25.2 Å². The molecule has 1 aromatic carbocycles. The second-order valence-electron chi connectivity index (χ2n) is 5.17. The molecule has 1 atom stereocenters. The maximum atomic E-state index is 9.15. The minimum Gasteiger partial charge on any atom is -0.494 e. The minimum atomic E-state index is -0.443. The number of nitrogens with one attached hydrogen (secondary N) is 1. The molecule has 3 heteroatoms. The number of hydrogen-bond acceptors (Lipinski definition) is 3. The van der Waals surface area contributed by atoms with Crippen LogP contribution < -0.4 is 10.1 Å². The van der Waals surface area contributed by atoms with E-state index in [9.17, 15) is 0 Å². The van der Waals surface area contributed by atoms with Gasteiger partial charge in [-0.25, -0.2) is 0 Å². The maximum absolute atomic E-state index is 9.15. The number of ether oxygens (including phenoxy) is 1. The van der Waals surface area contributed by atoms with E-state index in [1.165, 1.54) is 11.1 Å². The first kappa shape index (κ1) is 15.5. The first-order valence-electron chi connectivity index (χ1n) is 6.87. The third kappa shape index (κ3) is 4.92. The topological polar surface area (TPSA) is 45.0 Å². The van der Waals surface area contributed by atoms with E-state index >= 15 is 0 Å². The van der Waals surface area contributed by atoms with Crippen LogP contribution in [0.3, 0.4) is 0 Å². The summed E-state index contributed by atoms with van der Waals surface area (Å²) in [4.78, 5) is 0. The zero-order chi connectivity index (χ0) is 14.3. The number of nitrogens with zero attached hydrogens (tertiary/aromatic N) is 1. The molecule has 19 heavy (non-hydrogen) atoms. The average molecular weight is 260 g/mol. The zero-order valence-corrected chi connectivity index (χ0v) is 12.4. The van der Waals surface area contributed by atoms with Crippen molar-refractivity contribution in [3.63, 3.8) is 0 Å². The highest BCUT2D eigenvalue weighted by molar-refractivity contribution is 5.33. The maximum Gasteiger partial charge on any atom is 0.119 e. The molecule has 0 amide bonds. The Morgan fingerprint density at radius 3 is 2.63 bits per heavy atom. The normalized spacial score (nSPS) is 13.6. The molecule has 0 saturated heterocycles. The molecular formula is C16H24N2O. The number of aryl methyl sites for hydroxylation is 2. The van der Waals surface area contributed by atoms with Crippen LogP contribution in [0.25, 0.3) is 0 Å². The van der Waals surface area contributed by atoms with Gasteiger partial charge in [-0.1, -0.05) is 13.0 Å². The lowest BCUT2D eigenvalue weighted by Crippen LogP contribution is -2.40. The fourth-order valence-corrected chi connectivity index (χ4v) is 1.99. The van der Waals surface area contributed by atoms with Crippen LogP contribution in [0.4, 0.5) is 0 Å². The first-order chi connectivity index (χ1) is 9.00. The van der Waals surface area contributed by atoms with E-state index in [1.807, 2.05) is 19.9 Å². The van der Waals surface area contributed by atoms with E-state index in [-0.39, 0.29) is 0 Å². The Balaban J connectivity index is 2.38. The largest absolute Gasteiger partial charge is 0.494 e. The zero-order valence-electron chi connectivity index (χ0n) is 12.4. The van der Waals surface area contributed by atoms with Gasteiger partial charge in [0.15, 0.2) is 0 Å². The summed E-state index contributed by atoms with van der Waals surface area (Å²) in [6.45, 7) is 9.58. The van der Waals surface area contributed by atoms with E-state index in [4.69, 9.17) is 10.00 Å². The molecule has 1 rings (SSSR count). The van der Waals surface area contributed by atoms with E-state index in [2.05, 4.69) is 37.4 Å². The molecule has 0 bridgehead atoms. The lowest BCUT2D eigenvalue weighted by atomic mass is 9.98. The molecule has 0 aliphatic heterocycles. The van der Waals surface area contributed by atoms with Crippen LogP contribution in [-0.2, 0) is 0 Å². The Bertz CT molecular complexity index is 451. The minimum absolute atomic E-state index is 0.443. The van der Waals surface area contributed by atoms with Crippen molar-refractivity contribution >= 4 is 0 Å². The highest BCUT2D eigenvalue weighted by Crippen LogP contribution is 2.17. The lowest BCUT2D eigenvalue weighted by Gasteiger charge is -2.22. The summed E-state index contributed by atoms with van der Waals surface area (Å²) in [6, 6.07) is 8.45. The van der Waals surface area contributed by atoms with Gasteiger partial charge in [0, 0.05) is 0 Å². The van der Waals surface area contributed by atoms with Crippen LogP contribution >= 0.6 is 0 Å². The van der Waals surface area contributed by atoms with Gasteiger partial charge in [-0.3, -0.25) is 5.32 Å². The van der Waals surface area contributed by atoms with E-state index < -0.39 is 5.54 Å². The molecular weight excluding hydrogens is 236 g/mol. The summed E-state index contributed by atoms with van der Waals surface area (Å²) in [5.41, 5.74) is 2.07. The number of rotatable bonds is 7. The van der Waals surface area contributed by atoms with Crippen LogP contribution in [0.5, 0.6) is 5.75 Å². The van der Waals surface area contributed by atoms with Crippen molar-refractivity contribution in [1.29, 1.82) is 5.26 Å². The van der Waals surface area contributed by atoms with Crippen LogP contribution in [0.2, 0.25) is 0 Å². The summed E-state index contributed by atoms with van der Waals surface area (Å²) < 4.78 is 5.72. The van der Waals surface area contributed by atoms with Crippen molar-refractivity contribution in [1.82, 2.24) is 5.32 Å². The average Bonchev–Trinajstić information content (AvgIpc) is 2.39. The van der Waals surface area contributed by atoms with Crippen molar-refractivity contribution in [2.24, 2.45) is 0 Å². The summed E-state index contributed by atoms with van der Waals surface area (Å²) >= 11 is 0. The standard InChI is InChI=1S/C16H24N2O/c1-5-18-16(4,12-17)9-6-10-19-15-8-7-13(2)14(3)11-15/h7-8,11,18H,5-6,9-10H2,1-4H3. The molecule has 3 nitrogen and oxygen atoms in total. The fraction of sp³-hybridized carbons (Fsp3) is 0.562. The summed E-state index contributed by atoms with van der Waals surface area (Å²) in [5.74, 6) is 0.908. The lowest BCUT2D eigenvalue weighted by molar-refractivity contribution is 0.286. The van der Waals surface area contributed by atoms with Gasteiger partial charge < -0.3 is 4.74 Å². The summed E-state index contributed by atoms with van der Waals surface area (Å²) in [6.07, 6.45) is 1.66. The number of nitriles is 1. The summed E-state index contributed by atoms with van der Waals surface area (Å²) in [7, 11) is 0. The number of hydrogen-bond donors (Lipinski definition) is 1. The van der Waals surface area contributed by atoms with Gasteiger partial charge in [0.1, 0.15) is 11.3 Å². The van der Waals surface area contributed by atoms with Gasteiger partial charge in [-0.2, -0.15) is 5.26 Å². The van der Waals surface area contributed by atoms with Crippen molar-refractivity contribution in [3.8, 4) is 11.8 Å². The Hall–Kier alpha value is -1.53.